The van der Waals surface area contributed by atoms with E-state index in [1.807, 2.05) is 12.1 Å². The van der Waals surface area contributed by atoms with Crippen molar-refractivity contribution in [2.45, 2.75) is 32.4 Å². The summed E-state index contributed by atoms with van der Waals surface area (Å²) in [5.41, 5.74) is 8.43. The van der Waals surface area contributed by atoms with Gasteiger partial charge in [-0.3, -0.25) is 0 Å². The summed E-state index contributed by atoms with van der Waals surface area (Å²) in [5.74, 6) is 0.673. The van der Waals surface area contributed by atoms with Crippen molar-refractivity contribution in [3.63, 3.8) is 0 Å². The van der Waals surface area contributed by atoms with Gasteiger partial charge in [-0.15, -0.1) is 0 Å². The van der Waals surface area contributed by atoms with E-state index in [1.165, 1.54) is 30.4 Å². The van der Waals surface area contributed by atoms with Gasteiger partial charge >= 0.3 is 0 Å². The summed E-state index contributed by atoms with van der Waals surface area (Å²) in [4.78, 5) is 6.71. The fraction of sp³-hybridized carbons (Fsp3) is 0.533. The standard InChI is InChI=1S/C15H23N3O/c1-19-12-14-8-4-3-7-13(14)11-17-15(16)18-9-5-2-6-10-18/h3-4,7-8H,2,5-6,9-12H2,1H3,(H2,16,17). The van der Waals surface area contributed by atoms with E-state index < -0.39 is 0 Å². The normalized spacial score (nSPS) is 16.7. The van der Waals surface area contributed by atoms with Gasteiger partial charge in [-0.05, 0) is 30.4 Å². The first-order valence-corrected chi connectivity index (χ1v) is 6.92. The number of hydrogen-bond acceptors (Lipinski definition) is 2. The lowest BCUT2D eigenvalue weighted by Crippen LogP contribution is -2.40. The molecule has 2 N–H and O–H groups in total. The maximum absolute atomic E-state index is 6.06. The Kier molecular flexibility index (Phi) is 5.21. The molecule has 0 amide bonds. The number of hydrogen-bond donors (Lipinski definition) is 1. The predicted octanol–water partition coefficient (Wildman–Crippen LogP) is 2.13. The minimum Gasteiger partial charge on any atom is -0.380 e. The number of ether oxygens (including phenoxy) is 1. The average Bonchev–Trinajstić information content (AvgIpc) is 2.47. The second kappa shape index (κ2) is 7.14. The molecule has 4 nitrogen and oxygen atoms in total. The Morgan fingerprint density at radius 3 is 2.58 bits per heavy atom. The van der Waals surface area contributed by atoms with Crippen LogP contribution in [0, 0.1) is 0 Å². The molecule has 19 heavy (non-hydrogen) atoms. The molecular formula is C15H23N3O. The molecule has 0 aliphatic carbocycles. The molecular weight excluding hydrogens is 238 g/mol. The van der Waals surface area contributed by atoms with Crippen LogP contribution in [0.25, 0.3) is 0 Å². The maximum Gasteiger partial charge on any atom is 0.191 e. The fourth-order valence-electron chi connectivity index (χ4n) is 2.40. The van der Waals surface area contributed by atoms with Gasteiger partial charge in [-0.1, -0.05) is 24.3 Å². The molecule has 1 aliphatic rings. The quantitative estimate of drug-likeness (QED) is 0.667. The van der Waals surface area contributed by atoms with Crippen LogP contribution in [-0.2, 0) is 17.9 Å². The van der Waals surface area contributed by atoms with E-state index in [2.05, 4.69) is 22.0 Å². The van der Waals surface area contributed by atoms with Crippen LogP contribution in [0.4, 0.5) is 0 Å². The Bertz CT molecular complexity index is 425. The summed E-state index contributed by atoms with van der Waals surface area (Å²) in [6.45, 7) is 3.32. The lowest BCUT2D eigenvalue weighted by atomic mass is 10.1. The van der Waals surface area contributed by atoms with Crippen molar-refractivity contribution in [1.29, 1.82) is 0 Å². The molecule has 0 spiro atoms. The summed E-state index contributed by atoms with van der Waals surface area (Å²) in [6, 6.07) is 8.21. The van der Waals surface area contributed by atoms with Crippen LogP contribution < -0.4 is 5.73 Å². The SMILES string of the molecule is COCc1ccccc1CN=C(N)N1CCCCC1. The van der Waals surface area contributed by atoms with Crippen molar-refractivity contribution >= 4 is 5.96 Å². The van der Waals surface area contributed by atoms with Gasteiger partial charge < -0.3 is 15.4 Å². The summed E-state index contributed by atoms with van der Waals surface area (Å²) < 4.78 is 5.20. The lowest BCUT2D eigenvalue weighted by molar-refractivity contribution is 0.184. The minimum absolute atomic E-state index is 0.620. The molecule has 2 rings (SSSR count). The first-order chi connectivity index (χ1) is 9.31. The number of nitrogens with zero attached hydrogens (tertiary/aromatic N) is 2. The first-order valence-electron chi connectivity index (χ1n) is 6.92. The summed E-state index contributed by atoms with van der Waals surface area (Å²) in [6.07, 6.45) is 3.74. The Morgan fingerprint density at radius 2 is 1.89 bits per heavy atom. The summed E-state index contributed by atoms with van der Waals surface area (Å²) in [5, 5.41) is 0. The molecule has 1 saturated heterocycles. The highest BCUT2D eigenvalue weighted by molar-refractivity contribution is 5.78. The number of guanidine groups is 1. The average molecular weight is 261 g/mol. The van der Waals surface area contributed by atoms with Crippen LogP contribution in [-0.4, -0.2) is 31.1 Å². The molecule has 1 heterocycles. The fourth-order valence-corrected chi connectivity index (χ4v) is 2.40. The number of nitrogens with two attached hydrogens (primary N) is 1. The molecule has 0 aromatic heterocycles. The predicted molar refractivity (Wildman–Crippen MR) is 77.9 cm³/mol. The van der Waals surface area contributed by atoms with Crippen molar-refractivity contribution < 1.29 is 4.74 Å². The maximum atomic E-state index is 6.06. The van der Waals surface area contributed by atoms with Crippen molar-refractivity contribution in [2.75, 3.05) is 20.2 Å². The molecule has 1 fully saturated rings. The van der Waals surface area contributed by atoms with E-state index in [4.69, 9.17) is 10.5 Å². The van der Waals surface area contributed by atoms with E-state index in [0.29, 0.717) is 19.1 Å². The molecule has 0 bridgehead atoms. The molecule has 1 aromatic rings. The van der Waals surface area contributed by atoms with E-state index in [1.54, 1.807) is 7.11 Å². The second-order valence-corrected chi connectivity index (χ2v) is 4.92. The third-order valence-electron chi connectivity index (χ3n) is 3.51. The highest BCUT2D eigenvalue weighted by Crippen LogP contribution is 2.12. The number of likely N-dealkylation sites (tertiary alicyclic amines) is 1. The van der Waals surface area contributed by atoms with Crippen molar-refractivity contribution in [3.8, 4) is 0 Å². The van der Waals surface area contributed by atoms with Crippen molar-refractivity contribution in [2.24, 2.45) is 10.7 Å². The largest absolute Gasteiger partial charge is 0.380 e. The molecule has 1 aliphatic heterocycles. The van der Waals surface area contributed by atoms with Gasteiger partial charge in [0.15, 0.2) is 5.96 Å². The Balaban J connectivity index is 2.00. The highest BCUT2D eigenvalue weighted by atomic mass is 16.5. The summed E-state index contributed by atoms with van der Waals surface area (Å²) >= 11 is 0. The van der Waals surface area contributed by atoms with Crippen LogP contribution in [0.5, 0.6) is 0 Å². The molecule has 4 heteroatoms. The lowest BCUT2D eigenvalue weighted by Gasteiger charge is -2.27. The number of piperidine rings is 1. The Morgan fingerprint density at radius 1 is 1.21 bits per heavy atom. The smallest absolute Gasteiger partial charge is 0.191 e. The first kappa shape index (κ1) is 13.9. The second-order valence-electron chi connectivity index (χ2n) is 4.92. The molecule has 0 unspecified atom stereocenters. The van der Waals surface area contributed by atoms with Crippen molar-refractivity contribution in [1.82, 2.24) is 4.90 Å². The number of rotatable bonds is 4. The van der Waals surface area contributed by atoms with Crippen LogP contribution in [0.15, 0.2) is 29.3 Å². The van der Waals surface area contributed by atoms with Crippen LogP contribution in [0.2, 0.25) is 0 Å². The Hall–Kier alpha value is -1.55. The third kappa shape index (κ3) is 3.96. The van der Waals surface area contributed by atoms with E-state index in [9.17, 15) is 0 Å². The van der Waals surface area contributed by atoms with E-state index >= 15 is 0 Å². The van der Waals surface area contributed by atoms with Gasteiger partial charge in [0, 0.05) is 20.2 Å². The zero-order chi connectivity index (χ0) is 13.5. The zero-order valence-corrected chi connectivity index (χ0v) is 11.6. The zero-order valence-electron chi connectivity index (χ0n) is 11.6. The molecule has 104 valence electrons. The summed E-state index contributed by atoms with van der Waals surface area (Å²) in [7, 11) is 1.71. The van der Waals surface area contributed by atoms with Gasteiger partial charge in [-0.2, -0.15) is 0 Å². The Labute approximate surface area is 115 Å². The van der Waals surface area contributed by atoms with E-state index in [-0.39, 0.29) is 0 Å². The highest BCUT2D eigenvalue weighted by Gasteiger charge is 2.11. The van der Waals surface area contributed by atoms with Gasteiger partial charge in [0.05, 0.1) is 13.2 Å². The van der Waals surface area contributed by atoms with Crippen LogP contribution >= 0.6 is 0 Å². The van der Waals surface area contributed by atoms with Crippen molar-refractivity contribution in [3.05, 3.63) is 35.4 Å². The minimum atomic E-state index is 0.620. The molecule has 1 aromatic carbocycles. The van der Waals surface area contributed by atoms with Crippen LogP contribution in [0.3, 0.4) is 0 Å². The third-order valence-corrected chi connectivity index (χ3v) is 3.51. The van der Waals surface area contributed by atoms with Crippen LogP contribution in [0.1, 0.15) is 30.4 Å². The van der Waals surface area contributed by atoms with Gasteiger partial charge in [0.2, 0.25) is 0 Å². The molecule has 0 atom stereocenters. The van der Waals surface area contributed by atoms with E-state index in [0.717, 1.165) is 13.1 Å². The number of benzene rings is 1. The molecule has 0 saturated carbocycles. The van der Waals surface area contributed by atoms with Gasteiger partial charge in [-0.25, -0.2) is 4.99 Å². The number of aliphatic imine (C=N–C) groups is 1. The topological polar surface area (TPSA) is 50.9 Å². The van der Waals surface area contributed by atoms with Gasteiger partial charge in [0.1, 0.15) is 0 Å². The molecule has 0 radical (unpaired) electrons. The van der Waals surface area contributed by atoms with Gasteiger partial charge in [0.25, 0.3) is 0 Å². The number of methoxy groups -OCH3 is 1. The monoisotopic (exact) mass is 261 g/mol.